The van der Waals surface area contributed by atoms with E-state index in [0.29, 0.717) is 62.1 Å². The van der Waals surface area contributed by atoms with Gasteiger partial charge in [-0.3, -0.25) is 19.1 Å². The molecule has 3 fully saturated rings. The third kappa shape index (κ3) is 7.68. The first kappa shape index (κ1) is 35.6. The van der Waals surface area contributed by atoms with Crippen LogP contribution in [0.4, 0.5) is 4.79 Å². The minimum atomic E-state index is -3.88. The van der Waals surface area contributed by atoms with Crippen LogP contribution < -0.4 is 20.1 Å². The standard InChI is InChI=1S/C35H44N8O8S/c1-50-25-15-13-22(14-16-25)30-38-41-43(39-30)24-19-29-31(44)37-35(33(46)40-52(48,49)27-17-18-27)20-23(35)9-5-3-2-4-6-12-28(32(45)42(29)21-24)36-34(47)51-26-10-7-8-11-26/h5,7-9,13-16,23-24,26-29H,2-4,6,10-12,17-21H2,1H3,(H,36,47)(H,37,44)(H,40,46)/b9-5-/t23-,24-,28-,29+,35+/m1/s1. The summed E-state index contributed by atoms with van der Waals surface area (Å²) in [7, 11) is -2.31. The second-order valence-electron chi connectivity index (χ2n) is 14.2. The molecule has 1 aromatic heterocycles. The van der Waals surface area contributed by atoms with Crippen LogP contribution in [0.5, 0.6) is 5.75 Å². The Morgan fingerprint density at radius 2 is 1.79 bits per heavy atom. The number of rotatable bonds is 8. The zero-order chi connectivity index (χ0) is 36.5. The molecule has 3 N–H and O–H groups in total. The molecule has 52 heavy (non-hydrogen) atoms. The van der Waals surface area contributed by atoms with Gasteiger partial charge in [-0.15, -0.1) is 10.2 Å². The Hall–Kier alpha value is -4.80. The van der Waals surface area contributed by atoms with E-state index in [2.05, 4.69) is 30.8 Å². The van der Waals surface area contributed by atoms with Gasteiger partial charge in [-0.25, -0.2) is 13.2 Å². The number of aromatic nitrogens is 4. The van der Waals surface area contributed by atoms with Crippen LogP contribution in [0.15, 0.2) is 48.6 Å². The summed E-state index contributed by atoms with van der Waals surface area (Å²) in [6, 6.07) is 4.48. The average Bonchev–Trinajstić information content (AvgIpc) is 3.88. The third-order valence-corrected chi connectivity index (χ3v) is 12.3. The molecule has 16 nitrogen and oxygen atoms in total. The lowest BCUT2D eigenvalue weighted by Gasteiger charge is -2.30. The fourth-order valence-corrected chi connectivity index (χ4v) is 8.56. The number of methoxy groups -OCH3 is 1. The van der Waals surface area contributed by atoms with Gasteiger partial charge in [0.2, 0.25) is 27.7 Å². The van der Waals surface area contributed by atoms with Gasteiger partial charge >= 0.3 is 6.09 Å². The molecule has 3 heterocycles. The number of fused-ring (bicyclic) bond motifs is 2. The van der Waals surface area contributed by atoms with Crippen molar-refractivity contribution in [1.82, 2.24) is 40.5 Å². The first-order valence-electron chi connectivity index (χ1n) is 18.0. The number of nitrogens with one attached hydrogen (secondary N) is 3. The maximum absolute atomic E-state index is 14.4. The van der Waals surface area contributed by atoms with Crippen molar-refractivity contribution in [3.05, 3.63) is 48.6 Å². The van der Waals surface area contributed by atoms with Crippen LogP contribution in [0.2, 0.25) is 0 Å². The summed E-state index contributed by atoms with van der Waals surface area (Å²) < 4.78 is 38.6. The highest BCUT2D eigenvalue weighted by Gasteiger charge is 2.62. The van der Waals surface area contributed by atoms with Gasteiger partial charge in [0.15, 0.2) is 0 Å². The number of hydrogen-bond donors (Lipinski definition) is 3. The van der Waals surface area contributed by atoms with E-state index in [1.165, 1.54) is 9.70 Å². The van der Waals surface area contributed by atoms with Crippen molar-refractivity contribution in [3.8, 4) is 17.1 Å². The fraction of sp³-hybridized carbons (Fsp3) is 0.571. The van der Waals surface area contributed by atoms with E-state index in [0.717, 1.165) is 12.8 Å². The lowest BCUT2D eigenvalue weighted by molar-refractivity contribution is -0.141. The SMILES string of the molecule is COc1ccc(-c2nnn([C@@H]3C[C@H]4C(=O)N[C@@]5(C(=O)NS(=O)(=O)C6CC6)C[C@H]5/C=C\CCCCC[C@@H](NC(=O)OC5CC=CC5)C(=O)N4C3)n2)cc1. The molecule has 4 amide bonds. The smallest absolute Gasteiger partial charge is 0.408 e. The second-order valence-corrected chi connectivity index (χ2v) is 16.2. The Kier molecular flexibility index (Phi) is 10.0. The molecule has 3 aliphatic carbocycles. The molecule has 17 heteroatoms. The molecule has 2 aliphatic heterocycles. The molecule has 278 valence electrons. The fourth-order valence-electron chi connectivity index (χ4n) is 7.20. The molecule has 0 unspecified atom stereocenters. The van der Waals surface area contributed by atoms with Gasteiger partial charge in [0, 0.05) is 37.3 Å². The number of benzene rings is 1. The highest BCUT2D eigenvalue weighted by Crippen LogP contribution is 2.46. The normalized spacial score (nSPS) is 28.8. The van der Waals surface area contributed by atoms with Crippen LogP contribution in [-0.4, -0.2) is 100.0 Å². The van der Waals surface area contributed by atoms with Crippen LogP contribution in [-0.2, 0) is 29.1 Å². The van der Waals surface area contributed by atoms with E-state index in [1.54, 1.807) is 31.4 Å². The molecule has 0 spiro atoms. The van der Waals surface area contributed by atoms with Gasteiger partial charge in [-0.2, -0.15) is 4.80 Å². The van der Waals surface area contributed by atoms with E-state index >= 15 is 0 Å². The van der Waals surface area contributed by atoms with Crippen LogP contribution in [0, 0.1) is 5.92 Å². The molecular formula is C35H44N8O8S. The largest absolute Gasteiger partial charge is 0.497 e. The van der Waals surface area contributed by atoms with E-state index in [-0.39, 0.29) is 25.5 Å². The number of carbonyl (C=O) groups excluding carboxylic acids is 4. The van der Waals surface area contributed by atoms with E-state index < -0.39 is 68.7 Å². The van der Waals surface area contributed by atoms with Crippen molar-refractivity contribution in [1.29, 1.82) is 0 Å². The first-order valence-corrected chi connectivity index (χ1v) is 19.5. The van der Waals surface area contributed by atoms with Crippen LogP contribution in [0.3, 0.4) is 0 Å². The van der Waals surface area contributed by atoms with Crippen LogP contribution in [0.1, 0.15) is 76.7 Å². The Morgan fingerprint density at radius 3 is 2.52 bits per heavy atom. The van der Waals surface area contributed by atoms with Crippen LogP contribution >= 0.6 is 0 Å². The number of tetrazole rings is 1. The molecule has 2 aromatic rings. The molecule has 1 aromatic carbocycles. The van der Waals surface area contributed by atoms with Gasteiger partial charge in [-0.05, 0) is 68.0 Å². The lowest BCUT2D eigenvalue weighted by Crippen LogP contribution is -2.58. The van der Waals surface area contributed by atoms with Crippen molar-refractivity contribution in [3.63, 3.8) is 0 Å². The Balaban J connectivity index is 1.16. The number of ether oxygens (including phenoxy) is 2. The summed E-state index contributed by atoms with van der Waals surface area (Å²) in [5, 5.41) is 18.1. The summed E-state index contributed by atoms with van der Waals surface area (Å²) >= 11 is 0. The Labute approximate surface area is 301 Å². The first-order chi connectivity index (χ1) is 25.1. The highest BCUT2D eigenvalue weighted by molar-refractivity contribution is 7.91. The molecule has 2 saturated carbocycles. The van der Waals surface area contributed by atoms with Crippen molar-refractivity contribution < 1.29 is 37.1 Å². The average molecular weight is 737 g/mol. The van der Waals surface area contributed by atoms with Gasteiger partial charge in [0.25, 0.3) is 5.91 Å². The number of nitrogens with zero attached hydrogens (tertiary/aromatic N) is 5. The Bertz CT molecular complexity index is 1850. The van der Waals surface area contributed by atoms with Crippen LogP contribution in [0.25, 0.3) is 11.4 Å². The number of carbonyl (C=O) groups is 4. The third-order valence-electron chi connectivity index (χ3n) is 10.5. The molecule has 5 aliphatic rings. The second kappa shape index (κ2) is 14.7. The predicted molar refractivity (Wildman–Crippen MR) is 186 cm³/mol. The number of sulfonamides is 1. The lowest BCUT2D eigenvalue weighted by atomic mass is 10.0. The maximum Gasteiger partial charge on any atom is 0.408 e. The summed E-state index contributed by atoms with van der Waals surface area (Å²) in [6.07, 6.45) is 12.3. The van der Waals surface area contributed by atoms with Crippen molar-refractivity contribution >= 4 is 33.8 Å². The minimum Gasteiger partial charge on any atom is -0.497 e. The molecule has 5 atom stereocenters. The topological polar surface area (TPSA) is 204 Å². The molecular weight excluding hydrogens is 692 g/mol. The number of hydrogen-bond acceptors (Lipinski definition) is 11. The zero-order valence-electron chi connectivity index (χ0n) is 29.0. The number of alkyl carbamates (subject to hydrolysis) is 1. The summed E-state index contributed by atoms with van der Waals surface area (Å²) in [5.41, 5.74) is -0.803. The quantitative estimate of drug-likeness (QED) is 0.336. The minimum absolute atomic E-state index is 0.0215. The zero-order valence-corrected chi connectivity index (χ0v) is 29.8. The van der Waals surface area contributed by atoms with E-state index in [4.69, 9.17) is 9.47 Å². The molecule has 0 bridgehead atoms. The van der Waals surface area contributed by atoms with Gasteiger partial charge < -0.3 is 25.0 Å². The molecule has 1 saturated heterocycles. The van der Waals surface area contributed by atoms with Crippen molar-refractivity contribution in [2.75, 3.05) is 13.7 Å². The molecule has 7 rings (SSSR count). The Morgan fingerprint density at radius 1 is 1.02 bits per heavy atom. The highest BCUT2D eigenvalue weighted by atomic mass is 32.2. The maximum atomic E-state index is 14.4. The predicted octanol–water partition coefficient (Wildman–Crippen LogP) is 2.31. The summed E-state index contributed by atoms with van der Waals surface area (Å²) in [5.74, 6) is -1.30. The van der Waals surface area contributed by atoms with Crippen molar-refractivity contribution in [2.45, 2.75) is 106 Å². The molecule has 0 radical (unpaired) electrons. The van der Waals surface area contributed by atoms with Crippen molar-refractivity contribution in [2.24, 2.45) is 5.92 Å². The van der Waals surface area contributed by atoms with E-state index in [9.17, 15) is 27.6 Å². The summed E-state index contributed by atoms with van der Waals surface area (Å²) in [4.78, 5) is 58.2. The number of amides is 4. The van der Waals surface area contributed by atoms with E-state index in [1.807, 2.05) is 24.3 Å². The van der Waals surface area contributed by atoms with Gasteiger partial charge in [0.05, 0.1) is 18.4 Å². The summed E-state index contributed by atoms with van der Waals surface area (Å²) in [6.45, 7) is 0.0215. The van der Waals surface area contributed by atoms with Gasteiger partial charge in [-0.1, -0.05) is 37.1 Å². The van der Waals surface area contributed by atoms with Gasteiger partial charge in [0.1, 0.15) is 29.5 Å². The monoisotopic (exact) mass is 736 g/mol. The number of allylic oxidation sites excluding steroid dienone is 1.